The lowest BCUT2D eigenvalue weighted by Crippen LogP contribution is -2.21. The summed E-state index contributed by atoms with van der Waals surface area (Å²) in [5.74, 6) is 1.43. The van der Waals surface area contributed by atoms with Crippen molar-refractivity contribution in [1.82, 2.24) is 0 Å². The molecular formula is C16H26BrNO3. The molecule has 0 aliphatic heterocycles. The Morgan fingerprint density at radius 1 is 1.19 bits per heavy atom. The highest BCUT2D eigenvalue weighted by atomic mass is 79.9. The summed E-state index contributed by atoms with van der Waals surface area (Å²) in [6.45, 7) is 6.01. The number of halogens is 1. The second kappa shape index (κ2) is 10.0. The van der Waals surface area contributed by atoms with Gasteiger partial charge < -0.3 is 19.9 Å². The molecule has 0 amide bonds. The van der Waals surface area contributed by atoms with E-state index in [-0.39, 0.29) is 6.04 Å². The minimum absolute atomic E-state index is 0.163. The number of ether oxygens (including phenoxy) is 3. The van der Waals surface area contributed by atoms with Gasteiger partial charge in [-0.25, -0.2) is 0 Å². The second-order valence-corrected chi connectivity index (χ2v) is 5.80. The summed E-state index contributed by atoms with van der Waals surface area (Å²) in [5.41, 5.74) is 7.15. The van der Waals surface area contributed by atoms with Crippen LogP contribution < -0.4 is 15.2 Å². The van der Waals surface area contributed by atoms with Crippen LogP contribution in [0, 0.1) is 0 Å². The standard InChI is InChI=1S/C16H26BrNO3/c1-4-6-20-7-8-21-16-14(17)10-12(9-13(18)5-2)11-15(16)19-3/h10-11,13H,4-9,18H2,1-3H3. The van der Waals surface area contributed by atoms with Crippen molar-refractivity contribution in [2.75, 3.05) is 26.9 Å². The van der Waals surface area contributed by atoms with Crippen molar-refractivity contribution in [3.05, 3.63) is 22.2 Å². The van der Waals surface area contributed by atoms with E-state index in [2.05, 4.69) is 29.8 Å². The van der Waals surface area contributed by atoms with E-state index in [1.54, 1.807) is 7.11 Å². The zero-order valence-corrected chi connectivity index (χ0v) is 14.7. The third-order valence-corrected chi connectivity index (χ3v) is 3.72. The Morgan fingerprint density at radius 3 is 2.57 bits per heavy atom. The maximum Gasteiger partial charge on any atom is 0.175 e. The zero-order chi connectivity index (χ0) is 15.7. The van der Waals surface area contributed by atoms with Crippen molar-refractivity contribution in [2.24, 2.45) is 5.73 Å². The molecule has 0 radical (unpaired) electrons. The first-order valence-electron chi connectivity index (χ1n) is 7.44. The average Bonchev–Trinajstić information content (AvgIpc) is 2.48. The van der Waals surface area contributed by atoms with Gasteiger partial charge in [-0.3, -0.25) is 0 Å². The highest BCUT2D eigenvalue weighted by molar-refractivity contribution is 9.10. The molecule has 1 aromatic rings. The highest BCUT2D eigenvalue weighted by Gasteiger charge is 2.13. The summed E-state index contributed by atoms with van der Waals surface area (Å²) in [5, 5.41) is 0. The molecule has 21 heavy (non-hydrogen) atoms. The van der Waals surface area contributed by atoms with E-state index in [0.717, 1.165) is 41.7 Å². The first-order chi connectivity index (χ1) is 10.1. The lowest BCUT2D eigenvalue weighted by Gasteiger charge is -2.16. The van der Waals surface area contributed by atoms with Crippen molar-refractivity contribution in [3.63, 3.8) is 0 Å². The summed E-state index contributed by atoms with van der Waals surface area (Å²) >= 11 is 3.55. The number of methoxy groups -OCH3 is 1. The second-order valence-electron chi connectivity index (χ2n) is 4.94. The summed E-state index contributed by atoms with van der Waals surface area (Å²) in [7, 11) is 1.64. The molecule has 0 heterocycles. The van der Waals surface area contributed by atoms with Gasteiger partial charge in [0.25, 0.3) is 0 Å². The number of hydrogen-bond acceptors (Lipinski definition) is 4. The van der Waals surface area contributed by atoms with Crippen LogP contribution in [0.25, 0.3) is 0 Å². The number of nitrogens with two attached hydrogens (primary N) is 1. The minimum atomic E-state index is 0.163. The van der Waals surface area contributed by atoms with Gasteiger partial charge >= 0.3 is 0 Å². The largest absolute Gasteiger partial charge is 0.493 e. The predicted octanol–water partition coefficient (Wildman–Crippen LogP) is 3.54. The molecule has 1 unspecified atom stereocenters. The van der Waals surface area contributed by atoms with Crippen molar-refractivity contribution in [1.29, 1.82) is 0 Å². The fourth-order valence-electron chi connectivity index (χ4n) is 1.93. The fraction of sp³-hybridized carbons (Fsp3) is 0.625. The molecule has 5 heteroatoms. The molecule has 0 saturated carbocycles. The number of hydrogen-bond donors (Lipinski definition) is 1. The Morgan fingerprint density at radius 2 is 1.95 bits per heavy atom. The Hall–Kier alpha value is -0.780. The van der Waals surface area contributed by atoms with Crippen LogP contribution in [0.2, 0.25) is 0 Å². The summed E-state index contributed by atoms with van der Waals surface area (Å²) in [4.78, 5) is 0. The zero-order valence-electron chi connectivity index (χ0n) is 13.2. The topological polar surface area (TPSA) is 53.7 Å². The minimum Gasteiger partial charge on any atom is -0.493 e. The molecule has 2 N–H and O–H groups in total. The van der Waals surface area contributed by atoms with Crippen LogP contribution in [-0.4, -0.2) is 33.0 Å². The van der Waals surface area contributed by atoms with Gasteiger partial charge in [-0.05, 0) is 52.9 Å². The highest BCUT2D eigenvalue weighted by Crippen LogP contribution is 2.37. The summed E-state index contributed by atoms with van der Waals surface area (Å²) in [6, 6.07) is 4.19. The van der Waals surface area contributed by atoms with Crippen LogP contribution in [0.4, 0.5) is 0 Å². The van der Waals surface area contributed by atoms with Crippen LogP contribution in [0.3, 0.4) is 0 Å². The molecule has 0 saturated heterocycles. The molecule has 0 aliphatic rings. The van der Waals surface area contributed by atoms with Gasteiger partial charge in [0.2, 0.25) is 0 Å². The molecule has 120 valence electrons. The molecule has 1 rings (SSSR count). The van der Waals surface area contributed by atoms with Crippen molar-refractivity contribution < 1.29 is 14.2 Å². The van der Waals surface area contributed by atoms with Crippen LogP contribution in [0.5, 0.6) is 11.5 Å². The van der Waals surface area contributed by atoms with E-state index in [0.29, 0.717) is 19.0 Å². The predicted molar refractivity (Wildman–Crippen MR) is 89.3 cm³/mol. The molecule has 0 fully saturated rings. The van der Waals surface area contributed by atoms with Crippen molar-refractivity contribution >= 4 is 15.9 Å². The van der Waals surface area contributed by atoms with Gasteiger partial charge in [0.1, 0.15) is 6.61 Å². The van der Waals surface area contributed by atoms with E-state index < -0.39 is 0 Å². The Bertz CT molecular complexity index is 426. The number of benzene rings is 1. The van der Waals surface area contributed by atoms with E-state index in [1.165, 1.54) is 0 Å². The number of rotatable bonds is 10. The molecule has 0 aliphatic carbocycles. The summed E-state index contributed by atoms with van der Waals surface area (Å²) < 4.78 is 17.5. The molecule has 1 atom stereocenters. The fourth-order valence-corrected chi connectivity index (χ4v) is 2.53. The van der Waals surface area contributed by atoms with E-state index in [9.17, 15) is 0 Å². The van der Waals surface area contributed by atoms with E-state index in [4.69, 9.17) is 19.9 Å². The Kier molecular flexibility index (Phi) is 8.73. The van der Waals surface area contributed by atoms with Gasteiger partial charge in [-0.2, -0.15) is 0 Å². The normalized spacial score (nSPS) is 12.2. The van der Waals surface area contributed by atoms with E-state index in [1.807, 2.05) is 12.1 Å². The van der Waals surface area contributed by atoms with Crippen LogP contribution in [-0.2, 0) is 11.2 Å². The average molecular weight is 360 g/mol. The molecule has 1 aromatic carbocycles. The molecule has 0 bridgehead atoms. The molecule has 4 nitrogen and oxygen atoms in total. The van der Waals surface area contributed by atoms with Crippen molar-refractivity contribution in [3.8, 4) is 11.5 Å². The van der Waals surface area contributed by atoms with Crippen LogP contribution >= 0.6 is 15.9 Å². The third kappa shape index (κ3) is 6.24. The Labute approximate surface area is 136 Å². The molecule has 0 spiro atoms. The van der Waals surface area contributed by atoms with Crippen molar-refractivity contribution in [2.45, 2.75) is 39.2 Å². The molecular weight excluding hydrogens is 334 g/mol. The summed E-state index contributed by atoms with van der Waals surface area (Å²) in [6.07, 6.45) is 2.79. The third-order valence-electron chi connectivity index (χ3n) is 3.13. The molecule has 0 aromatic heterocycles. The first kappa shape index (κ1) is 18.3. The lowest BCUT2D eigenvalue weighted by atomic mass is 10.0. The smallest absolute Gasteiger partial charge is 0.175 e. The maximum atomic E-state index is 6.01. The van der Waals surface area contributed by atoms with E-state index >= 15 is 0 Å². The quantitative estimate of drug-likeness (QED) is 0.649. The SMILES string of the molecule is CCCOCCOc1c(Br)cc(CC(N)CC)cc1OC. The first-order valence-corrected chi connectivity index (χ1v) is 8.24. The van der Waals surface area contributed by atoms with Gasteiger partial charge in [-0.1, -0.05) is 13.8 Å². The van der Waals surface area contributed by atoms with Crippen LogP contribution in [0.15, 0.2) is 16.6 Å². The monoisotopic (exact) mass is 359 g/mol. The Balaban J connectivity index is 2.70. The lowest BCUT2D eigenvalue weighted by molar-refractivity contribution is 0.0992. The van der Waals surface area contributed by atoms with Gasteiger partial charge in [-0.15, -0.1) is 0 Å². The van der Waals surface area contributed by atoms with Crippen LogP contribution in [0.1, 0.15) is 32.3 Å². The van der Waals surface area contributed by atoms with Gasteiger partial charge in [0.05, 0.1) is 18.2 Å². The van der Waals surface area contributed by atoms with Gasteiger partial charge in [0.15, 0.2) is 11.5 Å². The maximum absolute atomic E-state index is 6.01. The van der Waals surface area contributed by atoms with Gasteiger partial charge in [0, 0.05) is 12.6 Å².